The molecule has 148 valence electrons. The average Bonchev–Trinajstić information content (AvgIpc) is 2.74. The zero-order chi connectivity index (χ0) is 21.3. The zero-order valence-electron chi connectivity index (χ0n) is 15.9. The molecule has 30 heavy (non-hydrogen) atoms. The number of phosphoric ester groups is 1. The van der Waals surface area contributed by atoms with Crippen LogP contribution in [0.2, 0.25) is 0 Å². The van der Waals surface area contributed by atoms with Crippen LogP contribution in [0.15, 0.2) is 72.8 Å². The smallest absolute Gasteiger partial charge is 0.423 e. The second kappa shape index (κ2) is 7.92. The Kier molecular flexibility index (Phi) is 5.30. The van der Waals surface area contributed by atoms with Crippen molar-refractivity contribution in [3.8, 4) is 11.5 Å². The van der Waals surface area contributed by atoms with E-state index in [0.29, 0.717) is 27.6 Å². The number of phosphoric acid groups is 1. The van der Waals surface area contributed by atoms with Crippen LogP contribution in [0, 0.1) is 0 Å². The van der Waals surface area contributed by atoms with Gasteiger partial charge in [-0.3, -0.25) is 4.89 Å². The molecule has 1 aromatic heterocycles. The third-order valence-electron chi connectivity index (χ3n) is 4.65. The Morgan fingerprint density at radius 3 is 2.33 bits per heavy atom. The molecule has 0 spiro atoms. The van der Waals surface area contributed by atoms with Crippen molar-refractivity contribution < 1.29 is 32.5 Å². The number of aryl methyl sites for hydroxylation is 1. The van der Waals surface area contributed by atoms with Crippen molar-refractivity contribution in [2.75, 3.05) is 0 Å². The Bertz CT molecular complexity index is 1310. The van der Waals surface area contributed by atoms with E-state index in [-0.39, 0.29) is 5.75 Å². The summed E-state index contributed by atoms with van der Waals surface area (Å²) in [6.07, 6.45) is 0. The van der Waals surface area contributed by atoms with Crippen LogP contribution in [0.3, 0.4) is 0 Å². The number of ether oxygens (including phenoxy) is 1. The summed E-state index contributed by atoms with van der Waals surface area (Å²) in [5, 5.41) is 1.14. The molecule has 0 aliphatic heterocycles. The summed E-state index contributed by atoms with van der Waals surface area (Å²) in [7, 11) is 2.20. The van der Waals surface area contributed by atoms with Gasteiger partial charge in [-0.05, 0) is 30.3 Å². The Balaban J connectivity index is 1.95. The molecule has 0 amide bonds. The van der Waals surface area contributed by atoms with Gasteiger partial charge in [0.05, 0.1) is 16.3 Å². The number of rotatable bonds is 5. The van der Waals surface area contributed by atoms with E-state index in [1.807, 2.05) is 41.9 Å². The minimum absolute atomic E-state index is 0.0165. The molecule has 4 aromatic rings. The van der Waals surface area contributed by atoms with Gasteiger partial charge in [-0.2, -0.15) is 4.57 Å². The molecule has 0 bridgehead atoms. The predicted molar refractivity (Wildman–Crippen MR) is 111 cm³/mol. The summed E-state index contributed by atoms with van der Waals surface area (Å²) in [6.45, 7) is 0. The Labute approximate surface area is 173 Å². The van der Waals surface area contributed by atoms with E-state index in [1.165, 1.54) is 12.1 Å². The van der Waals surface area contributed by atoms with Gasteiger partial charge < -0.3 is 13.7 Å². The Hall–Kier alpha value is -3.19. The lowest BCUT2D eigenvalue weighted by Gasteiger charge is -2.13. The van der Waals surface area contributed by atoms with Crippen LogP contribution in [0.5, 0.6) is 11.5 Å². The standard InChI is InChI=1S/C21H15BNO6P/c1-23-18-10-6-5-9-16(18)20(21(24)27-14-7-3-2-4-8-14)17-13-15(11-12-19(17)23)28-30(25,26)29-22/h2-13H,1H3/p+1. The van der Waals surface area contributed by atoms with Crippen molar-refractivity contribution in [1.82, 2.24) is 0 Å². The lowest BCUT2D eigenvalue weighted by molar-refractivity contribution is -0.617. The second-order valence-corrected chi connectivity index (χ2v) is 7.83. The van der Waals surface area contributed by atoms with E-state index in [9.17, 15) is 14.3 Å². The molecule has 7 nitrogen and oxygen atoms in total. The summed E-state index contributed by atoms with van der Waals surface area (Å²) < 4.78 is 28.2. The number of hydrogen-bond acceptors (Lipinski definition) is 5. The first kappa shape index (κ1) is 20.1. The number of fused-ring (bicyclic) bond motifs is 2. The molecule has 2 radical (unpaired) electrons. The molecule has 0 aliphatic carbocycles. The number of pyridine rings is 1. The van der Waals surface area contributed by atoms with E-state index >= 15 is 0 Å². The van der Waals surface area contributed by atoms with Gasteiger partial charge in [0.2, 0.25) is 11.0 Å². The molecule has 1 heterocycles. The quantitative estimate of drug-likeness (QED) is 0.133. The highest BCUT2D eigenvalue weighted by Gasteiger charge is 2.26. The SMILES string of the molecule is [B]OP(=O)(O)Oc1ccc2c(c1)c(C(=O)Oc1ccccc1)c1ccccc1[n+]2C. The third kappa shape index (κ3) is 3.81. The lowest BCUT2D eigenvalue weighted by Crippen LogP contribution is -2.31. The summed E-state index contributed by atoms with van der Waals surface area (Å²) in [5.74, 6) is -0.151. The molecule has 0 aliphatic rings. The van der Waals surface area contributed by atoms with Crippen molar-refractivity contribution in [3.05, 3.63) is 78.4 Å². The van der Waals surface area contributed by atoms with Gasteiger partial charge in [0, 0.05) is 12.1 Å². The first-order valence-corrected chi connectivity index (χ1v) is 10.4. The van der Waals surface area contributed by atoms with E-state index in [2.05, 4.69) is 4.44 Å². The maximum absolute atomic E-state index is 13.2. The minimum Gasteiger partial charge on any atom is -0.423 e. The maximum Gasteiger partial charge on any atom is 0.511 e. The van der Waals surface area contributed by atoms with Gasteiger partial charge in [0.25, 0.3) is 0 Å². The normalized spacial score (nSPS) is 13.1. The summed E-state index contributed by atoms with van der Waals surface area (Å²) in [6, 6.07) is 20.7. The number of nitrogens with zero attached hydrogens (tertiary/aromatic N) is 1. The second-order valence-electron chi connectivity index (χ2n) is 6.50. The molecular formula is C21H16BNO6P+. The minimum atomic E-state index is -4.47. The van der Waals surface area contributed by atoms with E-state index in [0.717, 1.165) is 5.52 Å². The number of hydrogen-bond donors (Lipinski definition) is 1. The highest BCUT2D eigenvalue weighted by Crippen LogP contribution is 2.43. The van der Waals surface area contributed by atoms with Crippen molar-refractivity contribution in [2.24, 2.45) is 7.05 Å². The number of para-hydroxylation sites is 2. The van der Waals surface area contributed by atoms with Crippen molar-refractivity contribution in [3.63, 3.8) is 0 Å². The molecule has 1 unspecified atom stereocenters. The molecule has 0 saturated carbocycles. The van der Waals surface area contributed by atoms with Gasteiger partial charge in [-0.1, -0.05) is 30.3 Å². The van der Waals surface area contributed by atoms with E-state index < -0.39 is 13.8 Å². The number of aromatic nitrogens is 1. The number of carbonyl (C=O) groups is 1. The average molecular weight is 420 g/mol. The lowest BCUT2D eigenvalue weighted by atomic mass is 10.0. The first-order valence-electron chi connectivity index (χ1n) is 8.92. The van der Waals surface area contributed by atoms with Crippen molar-refractivity contribution in [2.45, 2.75) is 0 Å². The molecule has 1 atom stereocenters. The van der Waals surface area contributed by atoms with E-state index in [4.69, 9.17) is 17.3 Å². The fourth-order valence-corrected chi connectivity index (χ4v) is 3.76. The van der Waals surface area contributed by atoms with E-state index in [1.54, 1.807) is 30.3 Å². The van der Waals surface area contributed by atoms with Crippen LogP contribution < -0.4 is 13.8 Å². The number of carbonyl (C=O) groups excluding carboxylic acids is 1. The monoisotopic (exact) mass is 420 g/mol. The Morgan fingerprint density at radius 1 is 0.933 bits per heavy atom. The maximum atomic E-state index is 13.2. The molecule has 9 heteroatoms. The van der Waals surface area contributed by atoms with Crippen LogP contribution >= 0.6 is 7.82 Å². The van der Waals surface area contributed by atoms with Crippen molar-refractivity contribution >= 4 is 43.6 Å². The highest BCUT2D eigenvalue weighted by atomic mass is 31.2. The number of benzene rings is 3. The van der Waals surface area contributed by atoms with Crippen LogP contribution in [0.4, 0.5) is 0 Å². The number of esters is 1. The molecule has 0 saturated heterocycles. The van der Waals surface area contributed by atoms with Crippen LogP contribution in [-0.2, 0) is 16.1 Å². The van der Waals surface area contributed by atoms with Gasteiger partial charge in [-0.15, -0.1) is 0 Å². The van der Waals surface area contributed by atoms with Gasteiger partial charge >= 0.3 is 21.8 Å². The summed E-state index contributed by atoms with van der Waals surface area (Å²) >= 11 is 0. The van der Waals surface area contributed by atoms with Crippen LogP contribution in [0.1, 0.15) is 10.4 Å². The summed E-state index contributed by atoms with van der Waals surface area (Å²) in [4.78, 5) is 22.7. The predicted octanol–water partition coefficient (Wildman–Crippen LogP) is 3.62. The van der Waals surface area contributed by atoms with Crippen LogP contribution in [0.25, 0.3) is 21.8 Å². The largest absolute Gasteiger partial charge is 0.511 e. The molecule has 0 fully saturated rings. The van der Waals surface area contributed by atoms with Gasteiger partial charge in [-0.25, -0.2) is 9.36 Å². The topological polar surface area (TPSA) is 85.9 Å². The molecule has 4 rings (SSSR count). The van der Waals surface area contributed by atoms with Gasteiger partial charge in [0.15, 0.2) is 0 Å². The first-order chi connectivity index (χ1) is 14.4. The molecule has 1 N–H and O–H groups in total. The third-order valence-corrected chi connectivity index (χ3v) is 5.35. The molecular weight excluding hydrogens is 404 g/mol. The van der Waals surface area contributed by atoms with Crippen molar-refractivity contribution in [1.29, 1.82) is 0 Å². The molecule has 3 aromatic carbocycles. The van der Waals surface area contributed by atoms with Crippen LogP contribution in [-0.4, -0.2) is 18.9 Å². The highest BCUT2D eigenvalue weighted by molar-refractivity contribution is 7.48. The van der Waals surface area contributed by atoms with Gasteiger partial charge in [0.1, 0.15) is 18.5 Å². The zero-order valence-corrected chi connectivity index (χ0v) is 16.8. The Morgan fingerprint density at radius 2 is 1.60 bits per heavy atom. The summed E-state index contributed by atoms with van der Waals surface area (Å²) in [5.41, 5.74) is 1.81. The fourth-order valence-electron chi connectivity index (χ4n) is 3.34. The fraction of sp³-hybridized carbons (Fsp3) is 0.0476.